The van der Waals surface area contributed by atoms with E-state index in [1.807, 2.05) is 0 Å². The van der Waals surface area contributed by atoms with Gasteiger partial charge in [0, 0.05) is 55.9 Å². The van der Waals surface area contributed by atoms with Gasteiger partial charge in [0.1, 0.15) is 0 Å². The molecule has 0 rings (SSSR count). The van der Waals surface area contributed by atoms with E-state index in [1.54, 1.807) is 0 Å². The molecule has 0 aliphatic carbocycles. The molecule has 41 heavy (non-hydrogen) atoms. The van der Waals surface area contributed by atoms with Crippen LogP contribution in [0.5, 0.6) is 0 Å². The third kappa shape index (κ3) is 19.8. The summed E-state index contributed by atoms with van der Waals surface area (Å²) in [7, 11) is -3.78. The highest BCUT2D eigenvalue weighted by atomic mass is 31.2. The van der Waals surface area contributed by atoms with Gasteiger partial charge in [-0.15, -0.1) is 0 Å². The molecule has 0 atom stereocenters. The molecule has 7 nitrogen and oxygen atoms in total. The van der Waals surface area contributed by atoms with Crippen molar-refractivity contribution in [2.75, 3.05) is 59.1 Å². The van der Waals surface area contributed by atoms with Crippen LogP contribution in [0.4, 0.5) is 0 Å². The summed E-state index contributed by atoms with van der Waals surface area (Å²) in [5.74, 6) is 0. The van der Waals surface area contributed by atoms with Crippen LogP contribution in [-0.4, -0.2) is 90.4 Å². The Morgan fingerprint density at radius 1 is 0.415 bits per heavy atom. The first kappa shape index (κ1) is 41.0. The third-order valence-corrected chi connectivity index (χ3v) is 8.17. The summed E-state index contributed by atoms with van der Waals surface area (Å²) in [6, 6.07) is 0. The predicted molar refractivity (Wildman–Crippen MR) is 178 cm³/mol. The zero-order valence-electron chi connectivity index (χ0n) is 30.8. The van der Waals surface area contributed by atoms with E-state index in [2.05, 4.69) is 139 Å². The van der Waals surface area contributed by atoms with Crippen LogP contribution in [0.3, 0.4) is 0 Å². The Morgan fingerprint density at radius 3 is 0.756 bits per heavy atom. The summed E-state index contributed by atoms with van der Waals surface area (Å²) in [6.07, 6.45) is 0. The van der Waals surface area contributed by atoms with Gasteiger partial charge in [-0.1, -0.05) is 62.3 Å². The highest BCUT2D eigenvalue weighted by molar-refractivity contribution is 7.48. The summed E-state index contributed by atoms with van der Waals surface area (Å²) >= 11 is 0. The lowest BCUT2D eigenvalue weighted by molar-refractivity contribution is 0.0333. The van der Waals surface area contributed by atoms with Gasteiger partial charge in [-0.3, -0.25) is 28.3 Å². The van der Waals surface area contributed by atoms with Crippen LogP contribution in [0.25, 0.3) is 0 Å². The fourth-order valence-corrected chi connectivity index (χ4v) is 5.71. The molecule has 0 aliphatic rings. The SMILES string of the molecule is CC(C)(C)CN(CCOP(=O)(OCCN(CC(C)(C)C)C(C)(C)C)OCCN(CC(C)(C)C)C(C)(C)C)C(C)(C)C. The van der Waals surface area contributed by atoms with Gasteiger partial charge in [-0.05, 0) is 78.6 Å². The molecule has 0 aromatic rings. The van der Waals surface area contributed by atoms with Gasteiger partial charge in [-0.25, -0.2) is 4.57 Å². The van der Waals surface area contributed by atoms with Gasteiger partial charge in [0.25, 0.3) is 0 Å². The molecule has 0 fully saturated rings. The van der Waals surface area contributed by atoms with Crippen molar-refractivity contribution in [2.45, 2.75) is 141 Å². The highest BCUT2D eigenvalue weighted by Crippen LogP contribution is 2.49. The molecular formula is C33H72N3O4P. The van der Waals surface area contributed by atoms with Crippen molar-refractivity contribution in [3.05, 3.63) is 0 Å². The van der Waals surface area contributed by atoms with Crippen LogP contribution in [0.15, 0.2) is 0 Å². The molecule has 0 saturated heterocycles. The van der Waals surface area contributed by atoms with E-state index < -0.39 is 7.82 Å². The van der Waals surface area contributed by atoms with Crippen molar-refractivity contribution in [1.29, 1.82) is 0 Å². The van der Waals surface area contributed by atoms with Crippen molar-refractivity contribution in [3.8, 4) is 0 Å². The molecule has 0 bridgehead atoms. The van der Waals surface area contributed by atoms with E-state index in [9.17, 15) is 4.57 Å². The van der Waals surface area contributed by atoms with Crippen molar-refractivity contribution in [3.63, 3.8) is 0 Å². The molecule has 0 saturated carbocycles. The summed E-state index contributed by atoms with van der Waals surface area (Å²) in [6.45, 7) is 45.5. The Bertz CT molecular complexity index is 686. The smallest absolute Gasteiger partial charge is 0.296 e. The fourth-order valence-electron chi connectivity index (χ4n) is 4.57. The number of phosphoric ester groups is 1. The zero-order chi connectivity index (χ0) is 32.7. The van der Waals surface area contributed by atoms with E-state index in [4.69, 9.17) is 13.6 Å². The Labute approximate surface area is 257 Å². The van der Waals surface area contributed by atoms with Gasteiger partial charge in [-0.2, -0.15) is 0 Å². The normalized spacial score (nSPS) is 15.0. The Morgan fingerprint density at radius 2 is 0.610 bits per heavy atom. The lowest BCUT2D eigenvalue weighted by Gasteiger charge is -2.40. The van der Waals surface area contributed by atoms with Gasteiger partial charge < -0.3 is 0 Å². The second-order valence-corrected chi connectivity index (χ2v) is 20.1. The number of nitrogens with zero attached hydrogens (tertiary/aromatic N) is 3. The summed E-state index contributed by atoms with van der Waals surface area (Å²) in [5.41, 5.74) is 0.290. The molecular weight excluding hydrogens is 533 g/mol. The van der Waals surface area contributed by atoms with E-state index in [0.717, 1.165) is 19.6 Å². The molecule has 0 aromatic heterocycles. The lowest BCUT2D eigenvalue weighted by atomic mass is 9.93. The Balaban J connectivity index is 5.69. The minimum Gasteiger partial charge on any atom is -0.296 e. The van der Waals surface area contributed by atoms with E-state index >= 15 is 0 Å². The van der Waals surface area contributed by atoms with E-state index in [-0.39, 0.29) is 52.7 Å². The molecule has 0 aromatic carbocycles. The van der Waals surface area contributed by atoms with Crippen molar-refractivity contribution in [1.82, 2.24) is 14.7 Å². The quantitative estimate of drug-likeness (QED) is 0.173. The van der Waals surface area contributed by atoms with Crippen LogP contribution < -0.4 is 0 Å². The van der Waals surface area contributed by atoms with Crippen LogP contribution >= 0.6 is 7.82 Å². The van der Waals surface area contributed by atoms with Gasteiger partial charge in [0.15, 0.2) is 0 Å². The molecule has 0 aliphatic heterocycles. The standard InChI is InChI=1S/C33H72N3O4P/c1-28(2,3)25-34(31(10,11)12)19-22-38-41(37,39-23-20-35(32(13,14)15)26-29(4,5)6)40-24-21-36(33(16,17)18)27-30(7,8)9/h19-27H2,1-18H3. The Kier molecular flexibility index (Phi) is 15.3. The molecule has 0 unspecified atom stereocenters. The molecule has 0 spiro atoms. The zero-order valence-corrected chi connectivity index (χ0v) is 31.7. The fraction of sp³-hybridized carbons (Fsp3) is 1.00. The van der Waals surface area contributed by atoms with Crippen LogP contribution in [-0.2, 0) is 18.1 Å². The molecule has 8 heteroatoms. The maximum absolute atomic E-state index is 14.0. The first-order valence-electron chi connectivity index (χ1n) is 15.7. The maximum Gasteiger partial charge on any atom is 0.474 e. The number of phosphoric acid groups is 1. The summed E-state index contributed by atoms with van der Waals surface area (Å²) in [4.78, 5) is 7.14. The minimum atomic E-state index is -3.78. The van der Waals surface area contributed by atoms with E-state index in [0.29, 0.717) is 19.6 Å². The van der Waals surface area contributed by atoms with Gasteiger partial charge >= 0.3 is 7.82 Å². The maximum atomic E-state index is 14.0. The van der Waals surface area contributed by atoms with Gasteiger partial charge in [0.05, 0.1) is 19.8 Å². The molecule has 0 radical (unpaired) electrons. The third-order valence-electron chi connectivity index (χ3n) is 6.67. The molecule has 0 amide bonds. The first-order chi connectivity index (χ1) is 17.9. The minimum absolute atomic E-state index is 0.0390. The van der Waals surface area contributed by atoms with Gasteiger partial charge in [0.2, 0.25) is 0 Å². The van der Waals surface area contributed by atoms with Crippen LogP contribution in [0, 0.1) is 16.2 Å². The average Bonchev–Trinajstić information content (AvgIpc) is 2.67. The number of hydrogen-bond acceptors (Lipinski definition) is 7. The predicted octanol–water partition coefficient (Wildman–Crippen LogP) is 8.58. The van der Waals surface area contributed by atoms with Crippen LogP contribution in [0.2, 0.25) is 0 Å². The van der Waals surface area contributed by atoms with Crippen molar-refractivity contribution in [2.24, 2.45) is 16.2 Å². The highest BCUT2D eigenvalue weighted by Gasteiger charge is 2.33. The lowest BCUT2D eigenvalue weighted by Crippen LogP contribution is -2.47. The molecule has 0 N–H and O–H groups in total. The molecule has 248 valence electrons. The number of hydrogen-bond donors (Lipinski definition) is 0. The number of rotatable bonds is 15. The largest absolute Gasteiger partial charge is 0.474 e. The molecule has 0 heterocycles. The summed E-state index contributed by atoms with van der Waals surface area (Å²) < 4.78 is 32.2. The van der Waals surface area contributed by atoms with Crippen molar-refractivity contribution < 1.29 is 18.1 Å². The summed E-state index contributed by atoms with van der Waals surface area (Å²) in [5, 5.41) is 0. The first-order valence-corrected chi connectivity index (χ1v) is 17.2. The second kappa shape index (κ2) is 15.3. The van der Waals surface area contributed by atoms with Crippen molar-refractivity contribution >= 4 is 7.82 Å². The van der Waals surface area contributed by atoms with Crippen LogP contribution in [0.1, 0.15) is 125 Å². The monoisotopic (exact) mass is 606 g/mol. The topological polar surface area (TPSA) is 54.5 Å². The second-order valence-electron chi connectivity index (χ2n) is 18.4. The Hall–Kier alpha value is -0.0100. The average molecular weight is 606 g/mol. The van der Waals surface area contributed by atoms with E-state index in [1.165, 1.54) is 0 Å².